The maximum absolute atomic E-state index is 11.9. The van der Waals surface area contributed by atoms with Crippen LogP contribution < -0.4 is 10.6 Å². The molecule has 7 heteroatoms. The largest absolute Gasteiger partial charge is 0.480 e. The SMILES string of the molecule is CC(C)N(CC(=O)O)C(=O)NCCCN1CCNCC1. The lowest BCUT2D eigenvalue weighted by molar-refractivity contribution is -0.138. The van der Waals surface area contributed by atoms with Gasteiger partial charge in [0.1, 0.15) is 6.54 Å². The molecule has 0 spiro atoms. The summed E-state index contributed by atoms with van der Waals surface area (Å²) in [4.78, 5) is 26.3. The highest BCUT2D eigenvalue weighted by atomic mass is 16.4. The summed E-state index contributed by atoms with van der Waals surface area (Å²) in [6.07, 6.45) is 0.880. The van der Waals surface area contributed by atoms with Crippen molar-refractivity contribution in [2.45, 2.75) is 26.3 Å². The van der Waals surface area contributed by atoms with Crippen LogP contribution in [0.15, 0.2) is 0 Å². The highest BCUT2D eigenvalue weighted by Crippen LogP contribution is 1.99. The molecule has 20 heavy (non-hydrogen) atoms. The zero-order chi connectivity index (χ0) is 15.0. The van der Waals surface area contributed by atoms with Gasteiger partial charge in [-0.05, 0) is 26.8 Å². The molecule has 7 nitrogen and oxygen atoms in total. The van der Waals surface area contributed by atoms with Crippen LogP contribution in [0.1, 0.15) is 20.3 Å². The Balaban J connectivity index is 2.21. The Kier molecular flexibility index (Phi) is 7.32. The number of carbonyl (C=O) groups excluding carboxylic acids is 1. The van der Waals surface area contributed by atoms with E-state index < -0.39 is 5.97 Å². The summed E-state index contributed by atoms with van der Waals surface area (Å²) in [6, 6.07) is -0.429. The molecule has 0 aromatic heterocycles. The Morgan fingerprint density at radius 1 is 1.35 bits per heavy atom. The molecule has 116 valence electrons. The molecule has 0 unspecified atom stereocenters. The van der Waals surface area contributed by atoms with Gasteiger partial charge in [-0.1, -0.05) is 0 Å². The number of carboxylic acid groups (broad SMARTS) is 1. The quantitative estimate of drug-likeness (QED) is 0.564. The van der Waals surface area contributed by atoms with Crippen molar-refractivity contribution in [3.8, 4) is 0 Å². The lowest BCUT2D eigenvalue weighted by atomic mass is 10.3. The summed E-state index contributed by atoms with van der Waals surface area (Å²) >= 11 is 0. The van der Waals surface area contributed by atoms with Crippen molar-refractivity contribution in [1.29, 1.82) is 0 Å². The van der Waals surface area contributed by atoms with E-state index in [1.807, 2.05) is 13.8 Å². The molecular weight excluding hydrogens is 260 g/mol. The van der Waals surface area contributed by atoms with Gasteiger partial charge in [-0.15, -0.1) is 0 Å². The first-order valence-corrected chi connectivity index (χ1v) is 7.20. The molecule has 1 aliphatic rings. The fourth-order valence-corrected chi connectivity index (χ4v) is 2.17. The Morgan fingerprint density at radius 2 is 2.00 bits per heavy atom. The molecule has 0 bridgehead atoms. The molecule has 1 saturated heterocycles. The van der Waals surface area contributed by atoms with Crippen LogP contribution in [0, 0.1) is 0 Å². The summed E-state index contributed by atoms with van der Waals surface area (Å²) in [7, 11) is 0. The Bertz CT molecular complexity index is 317. The third-order valence-electron chi connectivity index (χ3n) is 3.33. The number of nitrogens with zero attached hydrogens (tertiary/aromatic N) is 2. The Labute approximate surface area is 120 Å². The van der Waals surface area contributed by atoms with E-state index in [2.05, 4.69) is 15.5 Å². The second-order valence-electron chi connectivity index (χ2n) is 5.29. The van der Waals surface area contributed by atoms with Gasteiger partial charge in [-0.25, -0.2) is 4.79 Å². The predicted molar refractivity (Wildman–Crippen MR) is 76.8 cm³/mol. The molecule has 3 N–H and O–H groups in total. The fraction of sp³-hybridized carbons (Fsp3) is 0.846. The van der Waals surface area contributed by atoms with E-state index in [1.54, 1.807) is 0 Å². The van der Waals surface area contributed by atoms with Gasteiger partial charge < -0.3 is 25.5 Å². The number of hydrogen-bond donors (Lipinski definition) is 3. The van der Waals surface area contributed by atoms with Gasteiger partial charge in [0.15, 0.2) is 0 Å². The summed E-state index contributed by atoms with van der Waals surface area (Å²) in [6.45, 7) is 9.02. The van der Waals surface area contributed by atoms with Gasteiger partial charge in [0.05, 0.1) is 0 Å². The molecule has 0 aromatic rings. The van der Waals surface area contributed by atoms with Gasteiger partial charge in [0, 0.05) is 38.8 Å². The number of carboxylic acids is 1. The average Bonchev–Trinajstić information content (AvgIpc) is 2.41. The summed E-state index contributed by atoms with van der Waals surface area (Å²) in [5.74, 6) is -0.991. The zero-order valence-electron chi connectivity index (χ0n) is 12.4. The first-order valence-electron chi connectivity index (χ1n) is 7.20. The van der Waals surface area contributed by atoms with Gasteiger partial charge >= 0.3 is 12.0 Å². The maximum atomic E-state index is 11.9. The smallest absolute Gasteiger partial charge is 0.323 e. The topological polar surface area (TPSA) is 84.9 Å². The van der Waals surface area contributed by atoms with Crippen molar-refractivity contribution in [3.05, 3.63) is 0 Å². The summed E-state index contributed by atoms with van der Waals surface area (Å²) < 4.78 is 0. The van der Waals surface area contributed by atoms with E-state index in [4.69, 9.17) is 5.11 Å². The molecule has 0 saturated carbocycles. The number of amides is 2. The van der Waals surface area contributed by atoms with Crippen LogP contribution in [-0.4, -0.2) is 78.8 Å². The highest BCUT2D eigenvalue weighted by molar-refractivity contribution is 5.80. The minimum Gasteiger partial charge on any atom is -0.480 e. The van der Waals surface area contributed by atoms with Crippen LogP contribution >= 0.6 is 0 Å². The zero-order valence-corrected chi connectivity index (χ0v) is 12.4. The number of aliphatic carboxylic acids is 1. The molecule has 0 radical (unpaired) electrons. The van der Waals surface area contributed by atoms with Crippen molar-refractivity contribution >= 4 is 12.0 Å². The van der Waals surface area contributed by atoms with Gasteiger partial charge in [0.25, 0.3) is 0 Å². The van der Waals surface area contributed by atoms with Crippen molar-refractivity contribution in [2.24, 2.45) is 0 Å². The molecule has 0 aliphatic carbocycles. The lowest BCUT2D eigenvalue weighted by Gasteiger charge is -2.28. The molecule has 0 aromatic carbocycles. The van der Waals surface area contributed by atoms with Crippen LogP contribution in [0.3, 0.4) is 0 Å². The van der Waals surface area contributed by atoms with E-state index in [9.17, 15) is 9.59 Å². The van der Waals surface area contributed by atoms with E-state index >= 15 is 0 Å². The van der Waals surface area contributed by atoms with Crippen LogP contribution in [0.5, 0.6) is 0 Å². The molecule has 1 rings (SSSR count). The Hall–Kier alpha value is -1.34. The fourth-order valence-electron chi connectivity index (χ4n) is 2.17. The van der Waals surface area contributed by atoms with Gasteiger partial charge in [-0.3, -0.25) is 4.79 Å². The van der Waals surface area contributed by atoms with Crippen LogP contribution in [-0.2, 0) is 4.79 Å². The highest BCUT2D eigenvalue weighted by Gasteiger charge is 2.19. The van der Waals surface area contributed by atoms with Crippen molar-refractivity contribution in [1.82, 2.24) is 20.4 Å². The molecule has 0 atom stereocenters. The number of carbonyl (C=O) groups is 2. The van der Waals surface area contributed by atoms with E-state index in [-0.39, 0.29) is 18.6 Å². The number of piperazine rings is 1. The van der Waals surface area contributed by atoms with E-state index in [0.29, 0.717) is 6.54 Å². The standard InChI is InChI=1S/C13H26N4O3/c1-11(2)17(10-12(18)19)13(20)15-4-3-7-16-8-5-14-6-9-16/h11,14H,3-10H2,1-2H3,(H,15,20)(H,18,19). The Morgan fingerprint density at radius 3 is 2.55 bits per heavy atom. The average molecular weight is 286 g/mol. The van der Waals surface area contributed by atoms with Gasteiger partial charge in [-0.2, -0.15) is 0 Å². The summed E-state index contributed by atoms with van der Waals surface area (Å²) in [5, 5.41) is 14.9. The van der Waals surface area contributed by atoms with Crippen LogP contribution in [0.25, 0.3) is 0 Å². The lowest BCUT2D eigenvalue weighted by Crippen LogP contribution is -2.47. The number of nitrogens with one attached hydrogen (secondary N) is 2. The first-order chi connectivity index (χ1) is 9.50. The van der Waals surface area contributed by atoms with Crippen molar-refractivity contribution in [3.63, 3.8) is 0 Å². The van der Waals surface area contributed by atoms with Crippen molar-refractivity contribution in [2.75, 3.05) is 45.8 Å². The third-order valence-corrected chi connectivity index (χ3v) is 3.33. The molecular formula is C13H26N4O3. The second-order valence-corrected chi connectivity index (χ2v) is 5.29. The van der Waals surface area contributed by atoms with Crippen LogP contribution in [0.4, 0.5) is 4.79 Å². The van der Waals surface area contributed by atoms with Gasteiger partial charge in [0.2, 0.25) is 0 Å². The second kappa shape index (κ2) is 8.76. The monoisotopic (exact) mass is 286 g/mol. The normalized spacial score (nSPS) is 16.1. The number of urea groups is 1. The van der Waals surface area contributed by atoms with E-state index in [0.717, 1.165) is 39.1 Å². The minimum absolute atomic E-state index is 0.126. The number of hydrogen-bond acceptors (Lipinski definition) is 4. The molecule has 1 fully saturated rings. The maximum Gasteiger partial charge on any atom is 0.323 e. The third kappa shape index (κ3) is 6.21. The summed E-state index contributed by atoms with van der Waals surface area (Å²) in [5.41, 5.74) is 0. The molecule has 1 aliphatic heterocycles. The molecule has 2 amide bonds. The minimum atomic E-state index is -0.991. The van der Waals surface area contributed by atoms with Crippen molar-refractivity contribution < 1.29 is 14.7 Å². The first kappa shape index (κ1) is 16.7. The molecule has 1 heterocycles. The van der Waals surface area contributed by atoms with E-state index in [1.165, 1.54) is 4.90 Å². The predicted octanol–water partition coefficient (Wildman–Crippen LogP) is -0.214. The number of rotatable bonds is 7. The van der Waals surface area contributed by atoms with Crippen LogP contribution in [0.2, 0.25) is 0 Å².